The summed E-state index contributed by atoms with van der Waals surface area (Å²) >= 11 is 1.57. The first kappa shape index (κ1) is 16.9. The van der Waals surface area contributed by atoms with Crippen molar-refractivity contribution in [2.75, 3.05) is 5.32 Å². The van der Waals surface area contributed by atoms with E-state index in [1.54, 1.807) is 24.3 Å². The summed E-state index contributed by atoms with van der Waals surface area (Å²) in [6, 6.07) is 6.68. The van der Waals surface area contributed by atoms with Crippen molar-refractivity contribution < 1.29 is 4.79 Å². The highest BCUT2D eigenvalue weighted by Gasteiger charge is 2.13. The zero-order valence-corrected chi connectivity index (χ0v) is 14.7. The molecule has 0 fully saturated rings. The van der Waals surface area contributed by atoms with Crippen LogP contribution >= 0.6 is 11.3 Å². The van der Waals surface area contributed by atoms with Gasteiger partial charge in [0.05, 0.1) is 12.2 Å². The Morgan fingerprint density at radius 3 is 2.96 bits per heavy atom. The zero-order chi connectivity index (χ0) is 17.8. The average molecular weight is 358 g/mol. The van der Waals surface area contributed by atoms with Crippen molar-refractivity contribution >= 4 is 23.2 Å². The molecule has 0 unspecified atom stereocenters. The number of urea groups is 1. The highest BCUT2D eigenvalue weighted by atomic mass is 32.1. The zero-order valence-electron chi connectivity index (χ0n) is 13.9. The second kappa shape index (κ2) is 7.31. The normalized spacial score (nSPS) is 10.6. The van der Waals surface area contributed by atoms with Gasteiger partial charge in [-0.05, 0) is 24.8 Å². The number of carbonyl (C=O) groups is 1. The van der Waals surface area contributed by atoms with Crippen LogP contribution in [0, 0.1) is 6.92 Å². The van der Waals surface area contributed by atoms with Crippen molar-refractivity contribution in [3.05, 3.63) is 56.3 Å². The highest BCUT2D eigenvalue weighted by Crippen LogP contribution is 2.14. The van der Waals surface area contributed by atoms with Crippen LogP contribution in [-0.4, -0.2) is 25.8 Å². The van der Waals surface area contributed by atoms with E-state index in [9.17, 15) is 9.59 Å². The summed E-state index contributed by atoms with van der Waals surface area (Å²) in [5.41, 5.74) is 1.08. The maximum absolute atomic E-state index is 12.1. The van der Waals surface area contributed by atoms with Crippen LogP contribution in [-0.2, 0) is 13.0 Å². The third kappa shape index (κ3) is 4.13. The lowest BCUT2D eigenvalue weighted by Crippen LogP contribution is -2.29. The van der Waals surface area contributed by atoms with Gasteiger partial charge in [0, 0.05) is 22.7 Å². The molecule has 3 aromatic rings. The fourth-order valence-corrected chi connectivity index (χ4v) is 2.91. The first-order valence-electron chi connectivity index (χ1n) is 7.79. The lowest BCUT2D eigenvalue weighted by atomic mass is 10.3. The van der Waals surface area contributed by atoms with Gasteiger partial charge in [-0.25, -0.2) is 9.78 Å². The topological polar surface area (TPSA) is 105 Å². The largest absolute Gasteiger partial charge is 0.333 e. The van der Waals surface area contributed by atoms with E-state index < -0.39 is 0 Å². The van der Waals surface area contributed by atoms with E-state index in [0.29, 0.717) is 30.2 Å². The van der Waals surface area contributed by atoms with Crippen molar-refractivity contribution in [2.45, 2.75) is 26.8 Å². The quantitative estimate of drug-likeness (QED) is 0.650. The molecular formula is C16H18N6O2S. The summed E-state index contributed by atoms with van der Waals surface area (Å²) in [6.45, 7) is 4.15. The number of carbonyl (C=O) groups excluding carboxylic acids is 1. The van der Waals surface area contributed by atoms with Gasteiger partial charge in [-0.2, -0.15) is 9.78 Å². The van der Waals surface area contributed by atoms with Gasteiger partial charge in [0.2, 0.25) is 5.95 Å². The maximum atomic E-state index is 12.1. The number of thiophene rings is 1. The molecule has 0 bridgehead atoms. The number of hydrogen-bond acceptors (Lipinski definition) is 5. The Balaban J connectivity index is 1.80. The van der Waals surface area contributed by atoms with E-state index in [4.69, 9.17) is 0 Å². The molecule has 8 nitrogen and oxygen atoms in total. The number of H-pyrrole nitrogens is 1. The van der Waals surface area contributed by atoms with E-state index >= 15 is 0 Å². The smallest absolute Gasteiger partial charge is 0.320 e. The second-order valence-corrected chi connectivity index (χ2v) is 6.42. The van der Waals surface area contributed by atoms with Gasteiger partial charge in [0.25, 0.3) is 5.56 Å². The molecule has 0 aliphatic carbocycles. The Hall–Kier alpha value is -2.94. The van der Waals surface area contributed by atoms with Crippen LogP contribution in [0.4, 0.5) is 10.6 Å². The summed E-state index contributed by atoms with van der Waals surface area (Å²) in [5, 5.41) is 11.8. The van der Waals surface area contributed by atoms with Gasteiger partial charge < -0.3 is 5.32 Å². The number of aryl methyl sites for hydroxylation is 2. The minimum atomic E-state index is -0.358. The second-order valence-electron chi connectivity index (χ2n) is 5.38. The Morgan fingerprint density at radius 2 is 2.24 bits per heavy atom. The van der Waals surface area contributed by atoms with E-state index in [0.717, 1.165) is 4.88 Å². The van der Waals surface area contributed by atoms with Crippen LogP contribution in [0.15, 0.2) is 34.4 Å². The average Bonchev–Trinajstić information content (AvgIpc) is 3.22. The predicted octanol–water partition coefficient (Wildman–Crippen LogP) is 2.21. The molecule has 0 aromatic carbocycles. The van der Waals surface area contributed by atoms with Crippen LogP contribution in [0.5, 0.6) is 0 Å². The van der Waals surface area contributed by atoms with Gasteiger partial charge in [0.15, 0.2) is 0 Å². The number of aromatic amines is 1. The van der Waals surface area contributed by atoms with E-state index in [-0.39, 0.29) is 17.5 Å². The number of rotatable bonds is 5. The van der Waals surface area contributed by atoms with Crippen LogP contribution in [0.1, 0.15) is 23.2 Å². The molecule has 3 N–H and O–H groups in total. The number of amides is 2. The van der Waals surface area contributed by atoms with Gasteiger partial charge in [-0.1, -0.05) is 13.0 Å². The monoisotopic (exact) mass is 358 g/mol. The third-order valence-corrected chi connectivity index (χ3v) is 4.30. The summed E-state index contributed by atoms with van der Waals surface area (Å²) < 4.78 is 1.42. The molecule has 0 atom stereocenters. The Morgan fingerprint density at radius 1 is 1.40 bits per heavy atom. The number of nitrogens with one attached hydrogen (secondary N) is 3. The molecule has 3 heterocycles. The molecule has 0 saturated heterocycles. The molecular weight excluding hydrogens is 340 g/mol. The van der Waals surface area contributed by atoms with Crippen LogP contribution in [0.25, 0.3) is 5.95 Å². The van der Waals surface area contributed by atoms with Gasteiger partial charge in [0.1, 0.15) is 5.82 Å². The van der Waals surface area contributed by atoms with Crippen molar-refractivity contribution in [3.63, 3.8) is 0 Å². The summed E-state index contributed by atoms with van der Waals surface area (Å²) in [4.78, 5) is 32.0. The lowest BCUT2D eigenvalue weighted by molar-refractivity contribution is 0.251. The molecule has 3 aromatic heterocycles. The van der Waals surface area contributed by atoms with E-state index in [1.165, 1.54) is 10.7 Å². The minimum absolute atomic E-state index is 0.261. The number of hydrogen-bond donors (Lipinski definition) is 3. The van der Waals surface area contributed by atoms with Gasteiger partial charge in [-0.3, -0.25) is 15.1 Å². The summed E-state index contributed by atoms with van der Waals surface area (Å²) in [7, 11) is 0. The molecule has 130 valence electrons. The summed E-state index contributed by atoms with van der Waals surface area (Å²) in [6.07, 6.45) is 0.626. The molecule has 0 radical (unpaired) electrons. The van der Waals surface area contributed by atoms with Crippen molar-refractivity contribution in [1.82, 2.24) is 25.1 Å². The molecule has 2 amide bonds. The standard InChI is InChI=1S/C16H18N6O2S/c1-3-11-8-14(23)20-15(18-11)22-13(7-10(2)21-22)19-16(24)17-9-12-5-4-6-25-12/h4-8H,3,9H2,1-2H3,(H2,17,19,24)(H,18,20,23). The van der Waals surface area contributed by atoms with Crippen molar-refractivity contribution in [1.29, 1.82) is 0 Å². The Labute approximate surface area is 147 Å². The van der Waals surface area contributed by atoms with Crippen LogP contribution < -0.4 is 16.2 Å². The first-order chi connectivity index (χ1) is 12.0. The van der Waals surface area contributed by atoms with E-state index in [1.807, 2.05) is 24.4 Å². The molecule has 0 aliphatic rings. The maximum Gasteiger partial charge on any atom is 0.320 e. The number of aromatic nitrogens is 4. The lowest BCUT2D eigenvalue weighted by Gasteiger charge is -2.09. The van der Waals surface area contributed by atoms with Crippen molar-refractivity contribution in [3.8, 4) is 5.95 Å². The molecule has 0 spiro atoms. The first-order valence-corrected chi connectivity index (χ1v) is 8.67. The number of anilines is 1. The molecule has 25 heavy (non-hydrogen) atoms. The van der Waals surface area contributed by atoms with Crippen LogP contribution in [0.3, 0.4) is 0 Å². The highest BCUT2D eigenvalue weighted by molar-refractivity contribution is 7.09. The predicted molar refractivity (Wildman–Crippen MR) is 96.3 cm³/mol. The minimum Gasteiger partial charge on any atom is -0.333 e. The molecule has 0 aliphatic heterocycles. The van der Waals surface area contributed by atoms with Crippen molar-refractivity contribution in [2.24, 2.45) is 0 Å². The van der Waals surface area contributed by atoms with E-state index in [2.05, 4.69) is 25.7 Å². The fourth-order valence-electron chi connectivity index (χ4n) is 2.27. The number of nitrogens with zero attached hydrogens (tertiary/aromatic N) is 3. The fraction of sp³-hybridized carbons (Fsp3) is 0.250. The van der Waals surface area contributed by atoms with Crippen LogP contribution in [0.2, 0.25) is 0 Å². The SMILES string of the molecule is CCc1cc(=O)[nH]c(-n2nc(C)cc2NC(=O)NCc2cccs2)n1. The molecule has 0 saturated carbocycles. The van der Waals surface area contributed by atoms with Gasteiger partial charge >= 0.3 is 6.03 Å². The summed E-state index contributed by atoms with van der Waals surface area (Å²) in [5.74, 6) is 0.698. The van der Waals surface area contributed by atoms with Gasteiger partial charge in [-0.15, -0.1) is 11.3 Å². The third-order valence-electron chi connectivity index (χ3n) is 3.42. The Bertz CT molecular complexity index is 929. The molecule has 9 heteroatoms. The Kier molecular flexibility index (Phi) is 4.94. The molecule has 3 rings (SSSR count).